The first kappa shape index (κ1) is 13.7. The van der Waals surface area contributed by atoms with Crippen LogP contribution in [0.5, 0.6) is 0 Å². The maximum atomic E-state index is 4.07. The molecule has 0 fully saturated rings. The summed E-state index contributed by atoms with van der Waals surface area (Å²) < 4.78 is 1.78. The lowest BCUT2D eigenvalue weighted by atomic mass is 10.2. The molecule has 1 N–H and O–H groups in total. The molecular formula is C14H21N5. The lowest BCUT2D eigenvalue weighted by molar-refractivity contribution is 0.580. The van der Waals surface area contributed by atoms with E-state index in [1.54, 1.807) is 4.68 Å². The van der Waals surface area contributed by atoms with E-state index in [0.717, 1.165) is 18.1 Å². The third-order valence-corrected chi connectivity index (χ3v) is 3.03. The molecule has 2 aromatic rings. The average molecular weight is 259 g/mol. The van der Waals surface area contributed by atoms with Crippen molar-refractivity contribution in [2.45, 2.75) is 39.2 Å². The summed E-state index contributed by atoms with van der Waals surface area (Å²) in [4.78, 5) is 0. The Labute approximate surface area is 114 Å². The maximum absolute atomic E-state index is 4.07. The van der Waals surface area contributed by atoms with Gasteiger partial charge in [-0.2, -0.15) is 4.68 Å². The second-order valence-electron chi connectivity index (χ2n) is 4.58. The molecule has 5 nitrogen and oxygen atoms in total. The fourth-order valence-electron chi connectivity index (χ4n) is 1.96. The van der Waals surface area contributed by atoms with Crippen molar-refractivity contribution in [3.63, 3.8) is 0 Å². The predicted octanol–water partition coefficient (Wildman–Crippen LogP) is 2.33. The summed E-state index contributed by atoms with van der Waals surface area (Å²) in [6, 6.07) is 9.96. The number of para-hydroxylation sites is 1. The molecule has 0 saturated carbocycles. The van der Waals surface area contributed by atoms with Crippen LogP contribution in [0.1, 0.15) is 38.4 Å². The van der Waals surface area contributed by atoms with E-state index in [0.29, 0.717) is 6.54 Å². The van der Waals surface area contributed by atoms with Crippen LogP contribution in [0.25, 0.3) is 5.69 Å². The molecule has 0 atom stereocenters. The summed E-state index contributed by atoms with van der Waals surface area (Å²) >= 11 is 0. The number of hydrogen-bond acceptors (Lipinski definition) is 4. The van der Waals surface area contributed by atoms with Crippen LogP contribution in [0.15, 0.2) is 30.3 Å². The van der Waals surface area contributed by atoms with E-state index in [-0.39, 0.29) is 0 Å². The van der Waals surface area contributed by atoms with Gasteiger partial charge in [0.05, 0.1) is 12.2 Å². The summed E-state index contributed by atoms with van der Waals surface area (Å²) in [5, 5.41) is 15.2. The van der Waals surface area contributed by atoms with Crippen molar-refractivity contribution in [2.75, 3.05) is 6.54 Å². The highest BCUT2D eigenvalue weighted by atomic mass is 15.5. The third kappa shape index (κ3) is 4.13. The zero-order valence-electron chi connectivity index (χ0n) is 11.4. The molecule has 0 aliphatic rings. The maximum Gasteiger partial charge on any atom is 0.170 e. The van der Waals surface area contributed by atoms with E-state index >= 15 is 0 Å². The zero-order chi connectivity index (χ0) is 13.3. The van der Waals surface area contributed by atoms with Crippen molar-refractivity contribution in [3.8, 4) is 5.69 Å². The smallest absolute Gasteiger partial charge is 0.170 e. The summed E-state index contributed by atoms with van der Waals surface area (Å²) in [5.41, 5.74) is 0.996. The molecule has 5 heteroatoms. The summed E-state index contributed by atoms with van der Waals surface area (Å²) in [6.07, 6.45) is 5.07. The molecule has 0 spiro atoms. The number of nitrogens with zero attached hydrogens (tertiary/aromatic N) is 4. The third-order valence-electron chi connectivity index (χ3n) is 3.03. The van der Waals surface area contributed by atoms with E-state index in [2.05, 4.69) is 27.8 Å². The first-order valence-electron chi connectivity index (χ1n) is 6.95. The molecule has 1 aromatic heterocycles. The number of hydrogen-bond donors (Lipinski definition) is 1. The number of aromatic nitrogens is 4. The Kier molecular flexibility index (Phi) is 5.49. The molecule has 0 saturated heterocycles. The van der Waals surface area contributed by atoms with Gasteiger partial charge in [0.2, 0.25) is 0 Å². The van der Waals surface area contributed by atoms with E-state index in [4.69, 9.17) is 0 Å². The fourth-order valence-corrected chi connectivity index (χ4v) is 1.96. The number of tetrazole rings is 1. The van der Waals surface area contributed by atoms with Crippen LogP contribution in [-0.2, 0) is 6.54 Å². The average Bonchev–Trinajstić information content (AvgIpc) is 2.92. The van der Waals surface area contributed by atoms with E-state index in [9.17, 15) is 0 Å². The quantitative estimate of drug-likeness (QED) is 0.739. The van der Waals surface area contributed by atoms with Gasteiger partial charge in [0.25, 0.3) is 0 Å². The lowest BCUT2D eigenvalue weighted by Crippen LogP contribution is -2.18. The Morgan fingerprint density at radius 2 is 1.95 bits per heavy atom. The number of nitrogens with one attached hydrogen (secondary N) is 1. The standard InChI is InChI=1S/C14H21N5/c1-2-3-4-8-11-15-12-14-16-17-18-19(14)13-9-6-5-7-10-13/h5-7,9-10,15H,2-4,8,11-12H2,1H3. The molecule has 0 aliphatic heterocycles. The minimum absolute atomic E-state index is 0.702. The zero-order valence-corrected chi connectivity index (χ0v) is 11.4. The molecule has 0 unspecified atom stereocenters. The Bertz CT molecular complexity index is 466. The molecule has 1 heterocycles. The second-order valence-corrected chi connectivity index (χ2v) is 4.58. The van der Waals surface area contributed by atoms with Gasteiger partial charge in [-0.25, -0.2) is 0 Å². The van der Waals surface area contributed by atoms with Crippen LogP contribution in [0.4, 0.5) is 0 Å². The number of rotatable bonds is 8. The normalized spacial score (nSPS) is 10.8. The molecule has 19 heavy (non-hydrogen) atoms. The minimum Gasteiger partial charge on any atom is -0.310 e. The summed E-state index contributed by atoms with van der Waals surface area (Å²) in [7, 11) is 0. The Morgan fingerprint density at radius 3 is 2.74 bits per heavy atom. The lowest BCUT2D eigenvalue weighted by Gasteiger charge is -2.05. The van der Waals surface area contributed by atoms with Gasteiger partial charge in [-0.3, -0.25) is 0 Å². The van der Waals surface area contributed by atoms with Gasteiger partial charge in [-0.15, -0.1) is 5.10 Å². The molecule has 0 bridgehead atoms. The van der Waals surface area contributed by atoms with E-state index < -0.39 is 0 Å². The Balaban J connectivity index is 1.83. The monoisotopic (exact) mass is 259 g/mol. The minimum atomic E-state index is 0.702. The molecule has 102 valence electrons. The fraction of sp³-hybridized carbons (Fsp3) is 0.500. The number of unbranched alkanes of at least 4 members (excludes halogenated alkanes) is 3. The van der Waals surface area contributed by atoms with Crippen LogP contribution in [-0.4, -0.2) is 26.8 Å². The molecule has 0 aliphatic carbocycles. The van der Waals surface area contributed by atoms with Gasteiger partial charge in [0.15, 0.2) is 5.82 Å². The van der Waals surface area contributed by atoms with Crippen LogP contribution < -0.4 is 5.32 Å². The van der Waals surface area contributed by atoms with Crippen LogP contribution in [0.2, 0.25) is 0 Å². The van der Waals surface area contributed by atoms with Crippen LogP contribution >= 0.6 is 0 Å². The molecular weight excluding hydrogens is 238 g/mol. The van der Waals surface area contributed by atoms with Crippen LogP contribution in [0.3, 0.4) is 0 Å². The van der Waals surface area contributed by atoms with Gasteiger partial charge in [-0.1, -0.05) is 44.4 Å². The van der Waals surface area contributed by atoms with Crippen molar-refractivity contribution < 1.29 is 0 Å². The molecule has 1 aromatic carbocycles. The van der Waals surface area contributed by atoms with Crippen molar-refractivity contribution in [1.29, 1.82) is 0 Å². The van der Waals surface area contributed by atoms with Crippen molar-refractivity contribution in [3.05, 3.63) is 36.2 Å². The van der Waals surface area contributed by atoms with E-state index in [1.807, 2.05) is 30.3 Å². The highest BCUT2D eigenvalue weighted by Gasteiger charge is 2.06. The first-order chi connectivity index (χ1) is 9.42. The van der Waals surface area contributed by atoms with Gasteiger partial charge < -0.3 is 5.32 Å². The van der Waals surface area contributed by atoms with Crippen molar-refractivity contribution >= 4 is 0 Å². The topological polar surface area (TPSA) is 55.6 Å². The number of benzene rings is 1. The molecule has 0 amide bonds. The second kappa shape index (κ2) is 7.63. The van der Waals surface area contributed by atoms with Gasteiger partial charge >= 0.3 is 0 Å². The summed E-state index contributed by atoms with van der Waals surface area (Å²) in [5.74, 6) is 0.849. The highest BCUT2D eigenvalue weighted by molar-refractivity contribution is 5.30. The largest absolute Gasteiger partial charge is 0.310 e. The SMILES string of the molecule is CCCCCCNCc1nnnn1-c1ccccc1. The molecule has 0 radical (unpaired) electrons. The Morgan fingerprint density at radius 1 is 1.11 bits per heavy atom. The Hall–Kier alpha value is -1.75. The van der Waals surface area contributed by atoms with Gasteiger partial charge in [-0.05, 0) is 35.5 Å². The predicted molar refractivity (Wildman–Crippen MR) is 75.0 cm³/mol. The van der Waals surface area contributed by atoms with Crippen molar-refractivity contribution in [2.24, 2.45) is 0 Å². The van der Waals surface area contributed by atoms with Crippen LogP contribution in [0, 0.1) is 0 Å². The first-order valence-corrected chi connectivity index (χ1v) is 6.95. The summed E-state index contributed by atoms with van der Waals surface area (Å²) in [6.45, 7) is 3.94. The van der Waals surface area contributed by atoms with Gasteiger partial charge in [0, 0.05) is 0 Å². The van der Waals surface area contributed by atoms with Gasteiger partial charge in [0.1, 0.15) is 0 Å². The molecule has 2 rings (SSSR count). The van der Waals surface area contributed by atoms with Crippen molar-refractivity contribution in [1.82, 2.24) is 25.5 Å². The van der Waals surface area contributed by atoms with E-state index in [1.165, 1.54) is 25.7 Å². The highest BCUT2D eigenvalue weighted by Crippen LogP contribution is 2.06.